The number of rotatable bonds is 5. The lowest BCUT2D eigenvalue weighted by Crippen LogP contribution is -2.46. The maximum atomic E-state index is 4.68. The van der Waals surface area contributed by atoms with E-state index >= 15 is 0 Å². The monoisotopic (exact) mass is 287 g/mol. The topological polar surface area (TPSA) is 28.2 Å². The SMILES string of the molecule is CCNCc1ccc(CN2CCCC3CCCCC32)nc1. The Hall–Kier alpha value is -0.930. The molecule has 1 aliphatic heterocycles. The molecule has 0 aromatic carbocycles. The highest BCUT2D eigenvalue weighted by atomic mass is 15.2. The van der Waals surface area contributed by atoms with Gasteiger partial charge in [0.05, 0.1) is 5.69 Å². The third kappa shape index (κ3) is 3.83. The molecule has 2 aliphatic rings. The smallest absolute Gasteiger partial charge is 0.0544 e. The molecule has 1 saturated heterocycles. The van der Waals surface area contributed by atoms with Gasteiger partial charge in [-0.25, -0.2) is 0 Å². The molecule has 0 radical (unpaired) electrons. The van der Waals surface area contributed by atoms with Crippen LogP contribution in [0.25, 0.3) is 0 Å². The summed E-state index contributed by atoms with van der Waals surface area (Å²) in [5, 5.41) is 3.35. The molecule has 2 fully saturated rings. The molecule has 1 aliphatic carbocycles. The number of nitrogens with one attached hydrogen (secondary N) is 1. The number of pyridine rings is 1. The Balaban J connectivity index is 1.59. The molecule has 3 rings (SSSR count). The normalized spacial score (nSPS) is 26.5. The number of piperidine rings is 1. The predicted molar refractivity (Wildman–Crippen MR) is 87.0 cm³/mol. The highest BCUT2D eigenvalue weighted by Crippen LogP contribution is 2.35. The fourth-order valence-electron chi connectivity index (χ4n) is 4.05. The standard InChI is InChI=1S/C18H29N3/c1-2-19-12-15-9-10-17(20-13-15)14-21-11-5-7-16-6-3-4-8-18(16)21/h9-10,13,16,18-19H,2-8,11-12,14H2,1H3. The fraction of sp³-hybridized carbons (Fsp3) is 0.722. The second-order valence-corrected chi connectivity index (χ2v) is 6.66. The first-order valence-corrected chi connectivity index (χ1v) is 8.75. The quantitative estimate of drug-likeness (QED) is 0.900. The average molecular weight is 287 g/mol. The third-order valence-electron chi connectivity index (χ3n) is 5.19. The summed E-state index contributed by atoms with van der Waals surface area (Å²) in [6, 6.07) is 5.28. The van der Waals surface area contributed by atoms with Crippen molar-refractivity contribution in [3.05, 3.63) is 29.6 Å². The van der Waals surface area contributed by atoms with Crippen LogP contribution in [0.1, 0.15) is 56.7 Å². The molecule has 21 heavy (non-hydrogen) atoms. The Morgan fingerprint density at radius 2 is 2.05 bits per heavy atom. The predicted octanol–water partition coefficient (Wildman–Crippen LogP) is 3.35. The van der Waals surface area contributed by atoms with Gasteiger partial charge in [0.25, 0.3) is 0 Å². The zero-order valence-corrected chi connectivity index (χ0v) is 13.4. The minimum absolute atomic E-state index is 0.829. The van der Waals surface area contributed by atoms with Crippen LogP contribution in [-0.2, 0) is 13.1 Å². The van der Waals surface area contributed by atoms with Crippen molar-refractivity contribution in [2.24, 2.45) is 5.92 Å². The van der Waals surface area contributed by atoms with Gasteiger partial charge < -0.3 is 5.32 Å². The van der Waals surface area contributed by atoms with E-state index < -0.39 is 0 Å². The van der Waals surface area contributed by atoms with Crippen LogP contribution < -0.4 is 5.32 Å². The Kier molecular flexibility index (Phi) is 5.26. The molecule has 1 N–H and O–H groups in total. The van der Waals surface area contributed by atoms with E-state index in [1.165, 1.54) is 56.3 Å². The highest BCUT2D eigenvalue weighted by molar-refractivity contribution is 5.14. The maximum absolute atomic E-state index is 4.68. The molecule has 1 saturated carbocycles. The Morgan fingerprint density at radius 3 is 2.86 bits per heavy atom. The molecule has 0 bridgehead atoms. The number of aromatic nitrogens is 1. The number of hydrogen-bond donors (Lipinski definition) is 1. The summed E-state index contributed by atoms with van der Waals surface area (Å²) in [5.41, 5.74) is 2.52. The van der Waals surface area contributed by atoms with Crippen LogP contribution in [0.4, 0.5) is 0 Å². The maximum Gasteiger partial charge on any atom is 0.0544 e. The number of likely N-dealkylation sites (tertiary alicyclic amines) is 1. The minimum atomic E-state index is 0.829. The molecule has 0 spiro atoms. The van der Waals surface area contributed by atoms with Crippen molar-refractivity contribution >= 4 is 0 Å². The summed E-state index contributed by atoms with van der Waals surface area (Å²) < 4.78 is 0. The average Bonchev–Trinajstić information content (AvgIpc) is 2.55. The van der Waals surface area contributed by atoms with E-state index in [1.807, 2.05) is 6.20 Å². The number of hydrogen-bond acceptors (Lipinski definition) is 3. The molecule has 2 heterocycles. The van der Waals surface area contributed by atoms with Gasteiger partial charge in [-0.2, -0.15) is 0 Å². The van der Waals surface area contributed by atoms with Crippen LogP contribution in [0, 0.1) is 5.92 Å². The van der Waals surface area contributed by atoms with E-state index in [1.54, 1.807) is 0 Å². The Bertz CT molecular complexity index is 427. The largest absolute Gasteiger partial charge is 0.313 e. The van der Waals surface area contributed by atoms with Crippen molar-refractivity contribution in [2.75, 3.05) is 13.1 Å². The van der Waals surface area contributed by atoms with E-state index in [0.717, 1.165) is 31.6 Å². The summed E-state index contributed by atoms with van der Waals surface area (Å²) in [7, 11) is 0. The Labute approximate surface area is 129 Å². The summed E-state index contributed by atoms with van der Waals surface area (Å²) in [5.74, 6) is 0.959. The molecule has 1 aromatic rings. The van der Waals surface area contributed by atoms with Crippen molar-refractivity contribution in [2.45, 2.75) is 64.6 Å². The van der Waals surface area contributed by atoms with Gasteiger partial charge in [0.1, 0.15) is 0 Å². The number of nitrogens with zero attached hydrogens (tertiary/aromatic N) is 2. The number of fused-ring (bicyclic) bond motifs is 1. The van der Waals surface area contributed by atoms with Gasteiger partial charge in [0.15, 0.2) is 0 Å². The van der Waals surface area contributed by atoms with Crippen LogP contribution in [0.2, 0.25) is 0 Å². The molecule has 2 unspecified atom stereocenters. The highest BCUT2D eigenvalue weighted by Gasteiger charge is 2.33. The molecule has 2 atom stereocenters. The van der Waals surface area contributed by atoms with E-state index in [0.29, 0.717) is 0 Å². The molecule has 3 heteroatoms. The zero-order chi connectivity index (χ0) is 14.5. The van der Waals surface area contributed by atoms with Gasteiger partial charge in [-0.05, 0) is 56.3 Å². The lowest BCUT2D eigenvalue weighted by molar-refractivity contribution is 0.0537. The van der Waals surface area contributed by atoms with Crippen LogP contribution in [-0.4, -0.2) is 29.0 Å². The van der Waals surface area contributed by atoms with Gasteiger partial charge in [-0.1, -0.05) is 25.8 Å². The summed E-state index contributed by atoms with van der Waals surface area (Å²) in [6.07, 6.45) is 10.6. The zero-order valence-electron chi connectivity index (χ0n) is 13.4. The van der Waals surface area contributed by atoms with Crippen LogP contribution in [0.5, 0.6) is 0 Å². The van der Waals surface area contributed by atoms with E-state index in [4.69, 9.17) is 0 Å². The van der Waals surface area contributed by atoms with Crippen molar-refractivity contribution in [3.63, 3.8) is 0 Å². The van der Waals surface area contributed by atoms with E-state index in [2.05, 4.69) is 34.3 Å². The molecule has 1 aromatic heterocycles. The van der Waals surface area contributed by atoms with Gasteiger partial charge in [0, 0.05) is 25.3 Å². The second kappa shape index (κ2) is 7.37. The molecular weight excluding hydrogens is 258 g/mol. The summed E-state index contributed by atoms with van der Waals surface area (Å²) >= 11 is 0. The second-order valence-electron chi connectivity index (χ2n) is 6.66. The molecule has 0 amide bonds. The minimum Gasteiger partial charge on any atom is -0.313 e. The van der Waals surface area contributed by atoms with Gasteiger partial charge in [0.2, 0.25) is 0 Å². The lowest BCUT2D eigenvalue weighted by Gasteiger charge is -2.44. The van der Waals surface area contributed by atoms with Gasteiger partial charge >= 0.3 is 0 Å². The first-order chi connectivity index (χ1) is 10.4. The van der Waals surface area contributed by atoms with Crippen molar-refractivity contribution in [1.82, 2.24) is 15.2 Å². The summed E-state index contributed by atoms with van der Waals surface area (Å²) in [6.45, 7) is 6.39. The van der Waals surface area contributed by atoms with Gasteiger partial charge in [-0.3, -0.25) is 9.88 Å². The van der Waals surface area contributed by atoms with Crippen molar-refractivity contribution in [1.29, 1.82) is 0 Å². The van der Waals surface area contributed by atoms with Crippen molar-refractivity contribution in [3.8, 4) is 0 Å². The molecule has 116 valence electrons. The Morgan fingerprint density at radius 1 is 1.19 bits per heavy atom. The first-order valence-electron chi connectivity index (χ1n) is 8.75. The van der Waals surface area contributed by atoms with Gasteiger partial charge in [-0.15, -0.1) is 0 Å². The molecular formula is C18H29N3. The van der Waals surface area contributed by atoms with Crippen LogP contribution in [0.15, 0.2) is 18.3 Å². The van der Waals surface area contributed by atoms with Crippen LogP contribution >= 0.6 is 0 Å². The van der Waals surface area contributed by atoms with E-state index in [9.17, 15) is 0 Å². The third-order valence-corrected chi connectivity index (χ3v) is 5.19. The lowest BCUT2D eigenvalue weighted by atomic mass is 9.78. The van der Waals surface area contributed by atoms with Crippen LogP contribution in [0.3, 0.4) is 0 Å². The van der Waals surface area contributed by atoms with Crippen molar-refractivity contribution < 1.29 is 0 Å². The summed E-state index contributed by atoms with van der Waals surface area (Å²) in [4.78, 5) is 7.39. The molecule has 3 nitrogen and oxygen atoms in total. The fourth-order valence-corrected chi connectivity index (χ4v) is 4.05. The first kappa shape index (κ1) is 15.0. The van der Waals surface area contributed by atoms with E-state index in [-0.39, 0.29) is 0 Å².